The first-order valence-electron chi connectivity index (χ1n) is 8.86. The molecule has 2 N–H and O–H groups in total. The van der Waals surface area contributed by atoms with Crippen LogP contribution in [0.2, 0.25) is 0 Å². The molecule has 8 nitrogen and oxygen atoms in total. The Kier molecular flexibility index (Phi) is 6.96. The molecular weight excluding hydrogens is 421 g/mol. The van der Waals surface area contributed by atoms with Crippen molar-refractivity contribution in [2.75, 3.05) is 19.7 Å². The molecule has 156 valence electrons. The Hall–Kier alpha value is -2.34. The van der Waals surface area contributed by atoms with E-state index in [1.165, 1.54) is 28.6 Å². The van der Waals surface area contributed by atoms with Crippen molar-refractivity contribution in [1.82, 2.24) is 14.9 Å². The normalized spacial score (nSPS) is 17.6. The lowest BCUT2D eigenvalue weighted by molar-refractivity contribution is -0.140. The highest BCUT2D eigenvalue weighted by Gasteiger charge is 2.35. The quantitative estimate of drug-likeness (QED) is 0.653. The number of hydrogen-bond donors (Lipinski definition) is 2. The number of ether oxygens (including phenoxy) is 1. The Bertz CT molecular complexity index is 966. The van der Waals surface area contributed by atoms with E-state index in [2.05, 4.69) is 10.6 Å². The molecule has 0 saturated carbocycles. The molecule has 0 unspecified atom stereocenters. The Morgan fingerprint density at radius 1 is 1.17 bits per heavy atom. The molecule has 1 atom stereocenters. The molecular formula is C18H20FN3O5S2. The Balaban J connectivity index is 1.56. The highest BCUT2D eigenvalue weighted by Crippen LogP contribution is 2.25. The summed E-state index contributed by atoms with van der Waals surface area (Å²) in [6.45, 7) is 0.269. The summed E-state index contributed by atoms with van der Waals surface area (Å²) in [7, 11) is -3.75. The van der Waals surface area contributed by atoms with E-state index in [0.717, 1.165) is 11.3 Å². The summed E-state index contributed by atoms with van der Waals surface area (Å²) < 4.78 is 46.0. The monoisotopic (exact) mass is 441 g/mol. The molecule has 1 fully saturated rings. The Labute approximate surface area is 171 Å². The molecule has 1 aliphatic heterocycles. The first-order valence-corrected chi connectivity index (χ1v) is 11.2. The molecule has 11 heteroatoms. The number of nitrogens with zero attached hydrogens (tertiary/aromatic N) is 1. The molecule has 1 aromatic carbocycles. The highest BCUT2D eigenvalue weighted by atomic mass is 32.2. The lowest BCUT2D eigenvalue weighted by atomic mass is 10.2. The van der Waals surface area contributed by atoms with Gasteiger partial charge in [-0.3, -0.25) is 9.59 Å². The zero-order valence-corrected chi connectivity index (χ0v) is 17.0. The third-order valence-electron chi connectivity index (χ3n) is 4.25. The summed E-state index contributed by atoms with van der Waals surface area (Å²) in [5, 5.41) is 6.37. The molecule has 0 radical (unpaired) electrons. The lowest BCUT2D eigenvalue weighted by Crippen LogP contribution is -2.52. The summed E-state index contributed by atoms with van der Waals surface area (Å²) in [5.41, 5.74) is 0.248. The second kappa shape index (κ2) is 9.44. The maximum atomic E-state index is 13.6. The van der Waals surface area contributed by atoms with Gasteiger partial charge in [0.05, 0.1) is 13.2 Å². The van der Waals surface area contributed by atoms with E-state index >= 15 is 0 Å². The Morgan fingerprint density at radius 2 is 1.93 bits per heavy atom. The van der Waals surface area contributed by atoms with E-state index in [0.29, 0.717) is 13.0 Å². The van der Waals surface area contributed by atoms with Crippen LogP contribution in [0.3, 0.4) is 0 Å². The van der Waals surface area contributed by atoms with Crippen molar-refractivity contribution in [3.8, 4) is 0 Å². The van der Waals surface area contributed by atoms with E-state index in [-0.39, 0.29) is 29.4 Å². The van der Waals surface area contributed by atoms with Gasteiger partial charge >= 0.3 is 11.8 Å². The number of nitrogens with one attached hydrogen (secondary N) is 2. The van der Waals surface area contributed by atoms with Crippen LogP contribution in [0.5, 0.6) is 0 Å². The minimum atomic E-state index is -3.75. The number of benzene rings is 1. The van der Waals surface area contributed by atoms with Gasteiger partial charge in [-0.05, 0) is 23.9 Å². The van der Waals surface area contributed by atoms with Crippen molar-refractivity contribution in [3.05, 3.63) is 53.2 Å². The predicted molar refractivity (Wildman–Crippen MR) is 104 cm³/mol. The number of carbonyl (C=O) groups is 2. The van der Waals surface area contributed by atoms with Gasteiger partial charge in [0.15, 0.2) is 0 Å². The number of rotatable bonds is 6. The number of thiophene rings is 1. The largest absolute Gasteiger partial charge is 0.360 e. The fourth-order valence-corrected chi connectivity index (χ4v) is 5.47. The van der Waals surface area contributed by atoms with Crippen molar-refractivity contribution in [2.24, 2.45) is 0 Å². The smallest absolute Gasteiger partial charge is 0.309 e. The number of halogens is 1. The molecule has 0 bridgehead atoms. The van der Waals surface area contributed by atoms with Crippen molar-refractivity contribution in [2.45, 2.75) is 23.4 Å². The summed E-state index contributed by atoms with van der Waals surface area (Å²) in [6, 6.07) is 9.03. The average Bonchev–Trinajstić information content (AvgIpc) is 3.27. The maximum absolute atomic E-state index is 13.6. The van der Waals surface area contributed by atoms with Gasteiger partial charge in [0, 0.05) is 18.7 Å². The number of carbonyl (C=O) groups excluding carboxylic acids is 2. The van der Waals surface area contributed by atoms with Crippen molar-refractivity contribution >= 4 is 33.2 Å². The van der Waals surface area contributed by atoms with Crippen LogP contribution in [-0.2, 0) is 30.9 Å². The van der Waals surface area contributed by atoms with E-state index in [4.69, 9.17) is 4.74 Å². The molecule has 1 aromatic heterocycles. The molecule has 2 amide bonds. The summed E-state index contributed by atoms with van der Waals surface area (Å²) in [5.74, 6) is -2.39. The average molecular weight is 442 g/mol. The van der Waals surface area contributed by atoms with E-state index in [1.807, 2.05) is 0 Å². The molecule has 29 heavy (non-hydrogen) atoms. The molecule has 0 spiro atoms. The fraction of sp³-hybridized carbons (Fsp3) is 0.333. The van der Waals surface area contributed by atoms with Crippen molar-refractivity contribution in [1.29, 1.82) is 0 Å². The van der Waals surface area contributed by atoms with Crippen molar-refractivity contribution < 1.29 is 27.1 Å². The zero-order chi connectivity index (χ0) is 20.9. The standard InChI is InChI=1S/C18H20FN3O5S2/c19-14-6-2-1-5-13(14)11-20-17(23)18(24)21-12-15-22(8-4-9-27-15)29(25,26)16-7-3-10-28-16/h1-3,5-7,10,15H,4,8-9,11-12H2,(H,20,23)(H,21,24)/t15-/m1/s1. The third kappa shape index (κ3) is 5.18. The number of amides is 2. The molecule has 2 heterocycles. The minimum absolute atomic E-state index is 0.141. The summed E-state index contributed by atoms with van der Waals surface area (Å²) in [6.07, 6.45) is -0.391. The van der Waals surface area contributed by atoms with Gasteiger partial charge in [0.1, 0.15) is 16.3 Å². The van der Waals surface area contributed by atoms with Crippen LogP contribution in [-0.4, -0.2) is 50.5 Å². The third-order valence-corrected chi connectivity index (χ3v) is 7.51. The highest BCUT2D eigenvalue weighted by molar-refractivity contribution is 7.91. The molecule has 2 aromatic rings. The lowest BCUT2D eigenvalue weighted by Gasteiger charge is -2.34. The maximum Gasteiger partial charge on any atom is 0.309 e. The predicted octanol–water partition coefficient (Wildman–Crippen LogP) is 1.06. The second-order valence-electron chi connectivity index (χ2n) is 6.21. The van der Waals surface area contributed by atoms with Crippen LogP contribution in [0.4, 0.5) is 4.39 Å². The van der Waals surface area contributed by atoms with Crippen LogP contribution in [0.1, 0.15) is 12.0 Å². The van der Waals surface area contributed by atoms with Gasteiger partial charge in [0.25, 0.3) is 10.0 Å². The van der Waals surface area contributed by atoms with Crippen LogP contribution in [0, 0.1) is 5.82 Å². The van der Waals surface area contributed by atoms with E-state index < -0.39 is 33.9 Å². The fourth-order valence-electron chi connectivity index (χ4n) is 2.79. The topological polar surface area (TPSA) is 105 Å². The zero-order valence-electron chi connectivity index (χ0n) is 15.3. The van der Waals surface area contributed by atoms with Crippen LogP contribution in [0.25, 0.3) is 0 Å². The first-order chi connectivity index (χ1) is 13.9. The van der Waals surface area contributed by atoms with Gasteiger partial charge in [-0.2, -0.15) is 4.31 Å². The van der Waals surface area contributed by atoms with Crippen molar-refractivity contribution in [3.63, 3.8) is 0 Å². The van der Waals surface area contributed by atoms with E-state index in [1.54, 1.807) is 17.5 Å². The number of sulfonamides is 1. The molecule has 3 rings (SSSR count). The van der Waals surface area contributed by atoms with Crippen LogP contribution >= 0.6 is 11.3 Å². The SMILES string of the molecule is O=C(NCc1ccccc1F)C(=O)NC[C@H]1OCCCN1S(=O)(=O)c1cccs1. The van der Waals surface area contributed by atoms with Crippen LogP contribution < -0.4 is 10.6 Å². The van der Waals surface area contributed by atoms with Gasteiger partial charge in [-0.15, -0.1) is 11.3 Å². The second-order valence-corrected chi connectivity index (χ2v) is 9.28. The molecule has 0 aliphatic carbocycles. The van der Waals surface area contributed by atoms with Gasteiger partial charge in [0.2, 0.25) is 0 Å². The minimum Gasteiger partial charge on any atom is -0.360 e. The first kappa shape index (κ1) is 21.4. The van der Waals surface area contributed by atoms with Gasteiger partial charge in [-0.25, -0.2) is 12.8 Å². The van der Waals surface area contributed by atoms with Gasteiger partial charge < -0.3 is 15.4 Å². The number of hydrogen-bond acceptors (Lipinski definition) is 6. The van der Waals surface area contributed by atoms with E-state index in [9.17, 15) is 22.4 Å². The Morgan fingerprint density at radius 3 is 2.66 bits per heavy atom. The molecule has 1 saturated heterocycles. The molecule has 1 aliphatic rings. The summed E-state index contributed by atoms with van der Waals surface area (Å²) in [4.78, 5) is 24.0. The van der Waals surface area contributed by atoms with Crippen LogP contribution in [0.15, 0.2) is 46.0 Å². The summed E-state index contributed by atoms with van der Waals surface area (Å²) >= 11 is 1.09. The van der Waals surface area contributed by atoms with Gasteiger partial charge in [-0.1, -0.05) is 24.3 Å².